The van der Waals surface area contributed by atoms with E-state index in [-0.39, 0.29) is 29.8 Å². The van der Waals surface area contributed by atoms with E-state index in [1.807, 2.05) is 0 Å². The van der Waals surface area contributed by atoms with Crippen molar-refractivity contribution in [1.29, 1.82) is 0 Å². The quantitative estimate of drug-likeness (QED) is 0.0769. The summed E-state index contributed by atoms with van der Waals surface area (Å²) in [7, 11) is -10.8. The molecule has 0 spiro atoms. The highest BCUT2D eigenvalue weighted by molar-refractivity contribution is 7.61. The van der Waals surface area contributed by atoms with Crippen molar-refractivity contribution < 1.29 is 81.6 Å². The van der Waals surface area contributed by atoms with Crippen molar-refractivity contribution in [3.05, 3.63) is 12.7 Å². The number of carboxylic acids is 1. The monoisotopic (exact) mass is 687 g/mol. The van der Waals surface area contributed by atoms with Gasteiger partial charge < -0.3 is 55.3 Å². The molecule has 9 N–H and O–H groups in total. The first-order valence-electron chi connectivity index (χ1n) is 13.0. The minimum absolute atomic E-state index is 0.0359. The molecule has 2 aromatic rings. The number of esters is 1. The van der Waals surface area contributed by atoms with Crippen LogP contribution in [0.2, 0.25) is 0 Å². The van der Waals surface area contributed by atoms with Crippen molar-refractivity contribution in [1.82, 2.24) is 19.5 Å². The predicted octanol–water partition coefficient (Wildman–Crippen LogP) is -2.23. The number of nitrogen functional groups attached to an aromatic ring is 1. The van der Waals surface area contributed by atoms with Gasteiger partial charge in [-0.05, 0) is 5.92 Å². The van der Waals surface area contributed by atoms with Crippen LogP contribution < -0.4 is 5.73 Å². The Morgan fingerprint density at radius 2 is 1.60 bits per heavy atom. The SMILES string of the molecule is CC(CC(=O)O)CC(=O)O[C@H]1C(O)O[C@H](COP(=O)(O)OP(=O)(O)OC[C@H]2O[C@@H](n3cnc4c(N)ncnc43)[C@H](O)[C@@H]2O)[C@H]1O. The smallest absolute Gasteiger partial charge is 0.481 e. The van der Waals surface area contributed by atoms with Gasteiger partial charge in [0.05, 0.1) is 19.5 Å². The molecule has 0 amide bonds. The normalized spacial score (nSPS) is 31.8. The summed E-state index contributed by atoms with van der Waals surface area (Å²) in [5.74, 6) is -2.70. The van der Waals surface area contributed by atoms with Crippen LogP contribution in [0.15, 0.2) is 12.7 Å². The van der Waals surface area contributed by atoms with E-state index in [1.165, 1.54) is 17.8 Å². The Hall–Kier alpha value is -2.69. The summed E-state index contributed by atoms with van der Waals surface area (Å²) in [6.07, 6.45) is -11.4. The Balaban J connectivity index is 1.27. The van der Waals surface area contributed by atoms with Gasteiger partial charge in [0.1, 0.15) is 42.4 Å². The number of phosphoric ester groups is 2. The molecule has 2 aromatic heterocycles. The first-order chi connectivity index (χ1) is 21.0. The Morgan fingerprint density at radius 3 is 2.22 bits per heavy atom. The van der Waals surface area contributed by atoms with E-state index in [4.69, 9.17) is 25.1 Å². The van der Waals surface area contributed by atoms with Crippen molar-refractivity contribution in [2.75, 3.05) is 18.9 Å². The average Bonchev–Trinajstić information content (AvgIpc) is 3.56. The van der Waals surface area contributed by atoms with Gasteiger partial charge in [-0.3, -0.25) is 23.2 Å². The predicted molar refractivity (Wildman–Crippen MR) is 141 cm³/mol. The van der Waals surface area contributed by atoms with Crippen molar-refractivity contribution in [3.8, 4) is 0 Å². The van der Waals surface area contributed by atoms with Crippen LogP contribution in [0, 0.1) is 5.92 Å². The van der Waals surface area contributed by atoms with Gasteiger partial charge >= 0.3 is 27.6 Å². The lowest BCUT2D eigenvalue weighted by atomic mass is 10.0. The van der Waals surface area contributed by atoms with E-state index < -0.39 is 95.9 Å². The molecule has 2 aliphatic rings. The zero-order valence-electron chi connectivity index (χ0n) is 23.2. The third-order valence-corrected chi connectivity index (χ3v) is 9.23. The number of aromatic nitrogens is 4. The number of aliphatic hydroxyl groups excluding tert-OH is 4. The van der Waals surface area contributed by atoms with Crippen LogP contribution in [0.25, 0.3) is 11.2 Å². The highest BCUT2D eigenvalue weighted by Crippen LogP contribution is 2.60. The molecular formula is C21H31N5O17P2. The molecule has 0 radical (unpaired) electrons. The fraction of sp³-hybridized carbons (Fsp3) is 0.667. The number of nitrogens with zero attached hydrogens (tertiary/aromatic N) is 4. The maximum Gasteiger partial charge on any atom is 0.481 e. The van der Waals surface area contributed by atoms with Gasteiger partial charge in [-0.1, -0.05) is 6.92 Å². The summed E-state index contributed by atoms with van der Waals surface area (Å²) < 4.78 is 54.8. The van der Waals surface area contributed by atoms with E-state index in [1.54, 1.807) is 0 Å². The molecule has 4 unspecified atom stereocenters. The minimum Gasteiger partial charge on any atom is -0.481 e. The fourth-order valence-electron chi connectivity index (χ4n) is 4.50. The lowest BCUT2D eigenvalue weighted by Crippen LogP contribution is -2.38. The van der Waals surface area contributed by atoms with E-state index in [0.29, 0.717) is 0 Å². The number of ether oxygens (including phenoxy) is 3. The van der Waals surface area contributed by atoms with E-state index in [9.17, 15) is 48.9 Å². The molecule has 45 heavy (non-hydrogen) atoms. The second kappa shape index (κ2) is 14.0. The van der Waals surface area contributed by atoms with Crippen LogP contribution in [0.3, 0.4) is 0 Å². The second-order valence-electron chi connectivity index (χ2n) is 10.2. The highest BCUT2D eigenvalue weighted by atomic mass is 31.3. The van der Waals surface area contributed by atoms with Crippen molar-refractivity contribution in [2.45, 2.75) is 68.9 Å². The number of anilines is 1. The largest absolute Gasteiger partial charge is 0.481 e. The number of nitrogens with two attached hydrogens (primary N) is 1. The van der Waals surface area contributed by atoms with E-state index in [0.717, 1.165) is 6.33 Å². The number of phosphoric acid groups is 2. The molecule has 0 bridgehead atoms. The molecule has 2 fully saturated rings. The summed E-state index contributed by atoms with van der Waals surface area (Å²) in [6, 6.07) is 0. The maximum absolute atomic E-state index is 12.4. The maximum atomic E-state index is 12.4. The molecule has 0 aromatic carbocycles. The molecule has 22 nitrogen and oxygen atoms in total. The van der Waals surface area contributed by atoms with Crippen LogP contribution in [-0.4, -0.2) is 123 Å². The fourth-order valence-corrected chi connectivity index (χ4v) is 6.59. The van der Waals surface area contributed by atoms with Gasteiger partial charge in [0.2, 0.25) is 0 Å². The Labute approximate surface area is 252 Å². The lowest BCUT2D eigenvalue weighted by molar-refractivity contribution is -0.173. The van der Waals surface area contributed by atoms with Crippen LogP contribution >= 0.6 is 15.6 Å². The summed E-state index contributed by atoms with van der Waals surface area (Å²) in [5.41, 5.74) is 6.06. The molecule has 2 saturated heterocycles. The Bertz CT molecular complexity index is 1480. The summed E-state index contributed by atoms with van der Waals surface area (Å²) in [6.45, 7) is -0.479. The topological polar surface area (TPSA) is 335 Å². The first-order valence-corrected chi connectivity index (χ1v) is 16.0. The molecule has 0 saturated carbocycles. The summed E-state index contributed by atoms with van der Waals surface area (Å²) >= 11 is 0. The van der Waals surface area contributed by atoms with Gasteiger partial charge in [-0.2, -0.15) is 4.31 Å². The summed E-state index contributed by atoms with van der Waals surface area (Å²) in [4.78, 5) is 54.5. The molecular weight excluding hydrogens is 656 g/mol. The molecule has 4 rings (SSSR count). The van der Waals surface area contributed by atoms with Gasteiger partial charge in [-0.25, -0.2) is 24.1 Å². The number of hydrogen-bond acceptors (Lipinski definition) is 18. The van der Waals surface area contributed by atoms with Crippen molar-refractivity contribution >= 4 is 44.6 Å². The minimum atomic E-state index is -5.43. The van der Waals surface area contributed by atoms with Crippen LogP contribution in [-0.2, 0) is 46.3 Å². The van der Waals surface area contributed by atoms with E-state index >= 15 is 0 Å². The van der Waals surface area contributed by atoms with Crippen LogP contribution in [0.5, 0.6) is 0 Å². The van der Waals surface area contributed by atoms with Crippen LogP contribution in [0.1, 0.15) is 26.0 Å². The zero-order valence-corrected chi connectivity index (χ0v) is 24.9. The number of hydrogen-bond donors (Lipinski definition) is 8. The highest BCUT2D eigenvalue weighted by Gasteiger charge is 2.48. The first kappa shape index (κ1) is 35.2. The third kappa shape index (κ3) is 8.57. The van der Waals surface area contributed by atoms with Gasteiger partial charge in [0, 0.05) is 12.8 Å². The standard InChI is InChI=1S/C21H31N5O17P2/c1-8(2-11(27)28)3-12(29)42-17-15(31)10(41-21(17)33)5-39-45(36,37)43-44(34,35)38-4-9-14(30)16(32)20(40-9)26-7-25-13-18(22)23-6-24-19(13)26/h6-10,14-17,20-21,30-33H,2-5H2,1H3,(H,27,28)(H,34,35)(H,36,37)(H2,22,23,24)/t8?,9-,10-,14-,15-,16-,17-,20-,21?/m1/s1. The Morgan fingerprint density at radius 1 is 0.978 bits per heavy atom. The van der Waals surface area contributed by atoms with Crippen molar-refractivity contribution in [3.63, 3.8) is 0 Å². The number of aliphatic hydroxyl groups is 4. The van der Waals surface area contributed by atoms with Gasteiger partial charge in [-0.15, -0.1) is 0 Å². The molecule has 4 heterocycles. The van der Waals surface area contributed by atoms with Gasteiger partial charge in [0.15, 0.2) is 30.1 Å². The van der Waals surface area contributed by atoms with Gasteiger partial charge in [0.25, 0.3) is 0 Å². The number of imidazole rings is 1. The number of carboxylic acid groups (broad SMARTS) is 1. The number of carbonyl (C=O) groups excluding carboxylic acids is 1. The second-order valence-corrected chi connectivity index (χ2v) is 13.2. The number of carbonyl (C=O) groups is 2. The zero-order chi connectivity index (χ0) is 33.3. The molecule has 11 atom stereocenters. The molecule has 24 heteroatoms. The molecule has 252 valence electrons. The summed E-state index contributed by atoms with van der Waals surface area (Å²) in [5, 5.41) is 50.0. The number of fused-ring (bicyclic) bond motifs is 1. The Kier molecular flexibility index (Phi) is 10.9. The third-order valence-electron chi connectivity index (χ3n) is 6.63. The number of aliphatic carboxylic acids is 1. The van der Waals surface area contributed by atoms with Crippen LogP contribution in [0.4, 0.5) is 5.82 Å². The van der Waals surface area contributed by atoms with E-state index in [2.05, 4.69) is 28.3 Å². The lowest BCUT2D eigenvalue weighted by Gasteiger charge is -2.21. The molecule has 2 aliphatic heterocycles. The molecule has 0 aliphatic carbocycles. The average molecular weight is 687 g/mol. The van der Waals surface area contributed by atoms with Crippen molar-refractivity contribution in [2.24, 2.45) is 5.92 Å². The number of rotatable bonds is 14.